The van der Waals surface area contributed by atoms with E-state index in [1.165, 1.54) is 0 Å². The first-order chi connectivity index (χ1) is 6.48. The lowest BCUT2D eigenvalue weighted by molar-refractivity contribution is 0.0981. The minimum Gasteiger partial charge on any atom is -0.268 e. The lowest BCUT2D eigenvalue weighted by Gasteiger charge is -2.18. The number of carbonyl (C=O) groups excluding carboxylic acids is 1. The second kappa shape index (κ2) is 3.09. The molecule has 1 aromatic carbocycles. The van der Waals surface area contributed by atoms with Crippen molar-refractivity contribution in [2.24, 2.45) is 0 Å². The molecule has 0 spiro atoms. The summed E-state index contributed by atoms with van der Waals surface area (Å²) in [4.78, 5) is 11.3. The fraction of sp³-hybridized carbons (Fsp3) is 0. The molecule has 0 aromatic heterocycles. The first-order valence-corrected chi connectivity index (χ1v) is 6.18. The number of hydrogen-bond donors (Lipinski definition) is 2. The van der Waals surface area contributed by atoms with E-state index < -0.39 is 16.1 Å². The molecule has 0 aliphatic carbocycles. The largest absolute Gasteiger partial charge is 0.323 e. The molecule has 1 aliphatic heterocycles. The maximum absolute atomic E-state index is 11.3. The second-order valence-corrected chi connectivity index (χ2v) is 5.39. The average Bonchev–Trinajstić information content (AvgIpc) is 2.05. The Balaban J connectivity index is 2.62. The quantitative estimate of drug-likeness (QED) is 0.690. The number of carbonyl (C=O) groups is 1. The third-order valence-corrected chi connectivity index (χ3v) is 3.31. The normalized spacial score (nSPS) is 17.9. The molecule has 0 saturated carbocycles. The van der Waals surface area contributed by atoms with Gasteiger partial charge in [0.15, 0.2) is 0 Å². The van der Waals surface area contributed by atoms with E-state index >= 15 is 0 Å². The van der Waals surface area contributed by atoms with Gasteiger partial charge in [0, 0.05) is 3.57 Å². The van der Waals surface area contributed by atoms with Gasteiger partial charge in [0.05, 0.1) is 11.3 Å². The summed E-state index contributed by atoms with van der Waals surface area (Å²) in [5, 5.41) is 0. The Hall–Kier alpha value is -0.830. The van der Waals surface area contributed by atoms with Crippen LogP contribution in [0.25, 0.3) is 0 Å². The van der Waals surface area contributed by atoms with Gasteiger partial charge in [0.25, 0.3) is 5.91 Å². The number of amides is 1. The lowest BCUT2D eigenvalue weighted by atomic mass is 10.2. The molecule has 1 amide bonds. The van der Waals surface area contributed by atoms with Crippen LogP contribution in [0.5, 0.6) is 0 Å². The van der Waals surface area contributed by atoms with Crippen LogP contribution >= 0.6 is 22.6 Å². The average molecular weight is 324 g/mol. The molecule has 1 heterocycles. The van der Waals surface area contributed by atoms with Crippen molar-refractivity contribution in [1.82, 2.24) is 4.72 Å². The fourth-order valence-electron chi connectivity index (χ4n) is 1.14. The molecule has 1 aromatic rings. The Morgan fingerprint density at radius 3 is 2.64 bits per heavy atom. The van der Waals surface area contributed by atoms with Crippen molar-refractivity contribution < 1.29 is 13.2 Å². The molecule has 0 fully saturated rings. The third kappa shape index (κ3) is 1.69. The molecule has 0 radical (unpaired) electrons. The predicted molar refractivity (Wildman–Crippen MR) is 59.2 cm³/mol. The SMILES string of the molecule is O=C1NS(=O)(=O)Nc2ccc(I)cc21. The van der Waals surface area contributed by atoms with Crippen LogP contribution < -0.4 is 9.44 Å². The number of fused-ring (bicyclic) bond motifs is 1. The van der Waals surface area contributed by atoms with Crippen molar-refractivity contribution >= 4 is 44.4 Å². The van der Waals surface area contributed by atoms with Gasteiger partial charge in [-0.1, -0.05) is 0 Å². The van der Waals surface area contributed by atoms with E-state index in [-0.39, 0.29) is 0 Å². The van der Waals surface area contributed by atoms with Crippen molar-refractivity contribution in [3.05, 3.63) is 27.3 Å². The molecule has 5 nitrogen and oxygen atoms in total. The summed E-state index contributed by atoms with van der Waals surface area (Å²) < 4.78 is 27.1. The van der Waals surface area contributed by atoms with E-state index in [0.29, 0.717) is 11.3 Å². The van der Waals surface area contributed by atoms with Crippen molar-refractivity contribution in [2.45, 2.75) is 0 Å². The molecule has 0 unspecified atom stereocenters. The van der Waals surface area contributed by atoms with Gasteiger partial charge in [-0.15, -0.1) is 0 Å². The van der Waals surface area contributed by atoms with Crippen molar-refractivity contribution in [3.63, 3.8) is 0 Å². The minimum absolute atomic E-state index is 0.314. The van der Waals surface area contributed by atoms with Crippen LogP contribution in [0.2, 0.25) is 0 Å². The second-order valence-electron chi connectivity index (χ2n) is 2.73. The van der Waals surface area contributed by atoms with Gasteiger partial charge in [-0.25, -0.2) is 4.72 Å². The predicted octanol–water partition coefficient (Wildman–Crippen LogP) is 0.691. The molecule has 7 heteroatoms. The highest BCUT2D eigenvalue weighted by molar-refractivity contribution is 14.1. The zero-order valence-corrected chi connectivity index (χ0v) is 9.72. The van der Waals surface area contributed by atoms with Crippen LogP contribution in [0.15, 0.2) is 18.2 Å². The highest BCUT2D eigenvalue weighted by Crippen LogP contribution is 2.22. The summed E-state index contributed by atoms with van der Waals surface area (Å²) in [6.45, 7) is 0. The van der Waals surface area contributed by atoms with E-state index in [1.54, 1.807) is 18.2 Å². The van der Waals surface area contributed by atoms with Gasteiger partial charge >= 0.3 is 10.2 Å². The lowest BCUT2D eigenvalue weighted by Crippen LogP contribution is -2.40. The number of anilines is 1. The number of nitrogens with one attached hydrogen (secondary N) is 2. The van der Waals surface area contributed by atoms with Gasteiger partial charge in [-0.05, 0) is 40.8 Å². The van der Waals surface area contributed by atoms with Gasteiger partial charge in [0.1, 0.15) is 0 Å². The molecule has 74 valence electrons. The van der Waals surface area contributed by atoms with Crippen LogP contribution in [0.4, 0.5) is 5.69 Å². The first kappa shape index (κ1) is 9.71. The van der Waals surface area contributed by atoms with Gasteiger partial charge < -0.3 is 0 Å². The topological polar surface area (TPSA) is 75.3 Å². The molecule has 0 saturated heterocycles. The summed E-state index contributed by atoms with van der Waals surface area (Å²) in [6.07, 6.45) is 0. The molecule has 0 bridgehead atoms. The smallest absolute Gasteiger partial charge is 0.268 e. The highest BCUT2D eigenvalue weighted by atomic mass is 127. The first-order valence-electron chi connectivity index (χ1n) is 3.62. The Morgan fingerprint density at radius 1 is 1.21 bits per heavy atom. The van der Waals surface area contributed by atoms with Crippen LogP contribution in [0.3, 0.4) is 0 Å². The van der Waals surface area contributed by atoms with E-state index in [1.807, 2.05) is 27.3 Å². The highest BCUT2D eigenvalue weighted by Gasteiger charge is 2.25. The Labute approximate surface area is 94.2 Å². The molecular formula is C7H5IN2O3S. The number of hydrogen-bond acceptors (Lipinski definition) is 3. The molecule has 0 atom stereocenters. The fourth-order valence-corrected chi connectivity index (χ4v) is 2.50. The van der Waals surface area contributed by atoms with E-state index in [0.717, 1.165) is 3.57 Å². The maximum Gasteiger partial charge on any atom is 0.323 e. The Kier molecular flexibility index (Phi) is 2.14. The van der Waals surface area contributed by atoms with Crippen molar-refractivity contribution in [2.75, 3.05) is 4.72 Å². The zero-order valence-electron chi connectivity index (χ0n) is 6.74. The van der Waals surface area contributed by atoms with E-state index in [4.69, 9.17) is 0 Å². The molecule has 1 aliphatic rings. The maximum atomic E-state index is 11.3. The van der Waals surface area contributed by atoms with Crippen LogP contribution in [0, 0.1) is 3.57 Å². The molecular weight excluding hydrogens is 319 g/mol. The van der Waals surface area contributed by atoms with Gasteiger partial charge in [-0.2, -0.15) is 8.42 Å². The van der Waals surface area contributed by atoms with Crippen molar-refractivity contribution in [3.8, 4) is 0 Å². The van der Waals surface area contributed by atoms with Crippen molar-refractivity contribution in [1.29, 1.82) is 0 Å². The third-order valence-electron chi connectivity index (χ3n) is 1.70. The summed E-state index contributed by atoms with van der Waals surface area (Å²) in [5.74, 6) is -0.600. The van der Waals surface area contributed by atoms with Crippen LogP contribution in [0.1, 0.15) is 10.4 Å². The number of halogens is 1. The van der Waals surface area contributed by atoms with E-state index in [2.05, 4.69) is 4.72 Å². The standard InChI is InChI=1S/C7H5IN2O3S/c8-4-1-2-6-5(3-4)7(11)10-14(12,13)9-6/h1-3,9H,(H,10,11). The molecule has 2 N–H and O–H groups in total. The molecule has 2 rings (SSSR count). The summed E-state index contributed by atoms with van der Waals surface area (Å²) in [7, 11) is -3.71. The Bertz CT molecular complexity index is 512. The minimum atomic E-state index is -3.71. The van der Waals surface area contributed by atoms with Gasteiger partial charge in [0.2, 0.25) is 0 Å². The zero-order chi connectivity index (χ0) is 10.3. The monoisotopic (exact) mass is 324 g/mol. The summed E-state index contributed by atoms with van der Waals surface area (Å²) >= 11 is 2.05. The van der Waals surface area contributed by atoms with Gasteiger partial charge in [-0.3, -0.25) is 9.52 Å². The summed E-state index contributed by atoms with van der Waals surface area (Å²) in [6, 6.07) is 4.90. The summed E-state index contributed by atoms with van der Waals surface area (Å²) in [5.41, 5.74) is 0.654. The van der Waals surface area contributed by atoms with Crippen LogP contribution in [-0.2, 0) is 10.2 Å². The molecule has 14 heavy (non-hydrogen) atoms. The Morgan fingerprint density at radius 2 is 1.93 bits per heavy atom. The number of benzene rings is 1. The van der Waals surface area contributed by atoms with E-state index in [9.17, 15) is 13.2 Å². The number of rotatable bonds is 0. The van der Waals surface area contributed by atoms with Crippen LogP contribution in [-0.4, -0.2) is 14.3 Å².